The number of ether oxygens (including phenoxy) is 2. The quantitative estimate of drug-likeness (QED) is 0.499. The van der Waals surface area contributed by atoms with Crippen LogP contribution >= 0.6 is 0 Å². The molecule has 2 rings (SSSR count). The van der Waals surface area contributed by atoms with Crippen LogP contribution in [0.15, 0.2) is 60.7 Å². The topological polar surface area (TPSA) is 52.6 Å². The molecule has 0 saturated heterocycles. The lowest BCUT2D eigenvalue weighted by atomic mass is 9.83. The zero-order valence-electron chi connectivity index (χ0n) is 17.8. The first-order valence-corrected chi connectivity index (χ1v) is 9.74. The first kappa shape index (κ1) is 22.4. The minimum absolute atomic E-state index is 0.0612. The number of carbonyl (C=O) groups is 2. The fourth-order valence-corrected chi connectivity index (χ4v) is 3.21. The van der Waals surface area contributed by atoms with E-state index in [4.69, 9.17) is 9.47 Å². The molecule has 0 spiro atoms. The molecule has 0 fully saturated rings. The number of carbonyl (C=O) groups excluding carboxylic acids is 2. The summed E-state index contributed by atoms with van der Waals surface area (Å²) in [5.74, 6) is -2.60. The smallest absolute Gasteiger partial charge is 0.320 e. The molecule has 29 heavy (non-hydrogen) atoms. The Morgan fingerprint density at radius 2 is 1.45 bits per heavy atom. The largest absolute Gasteiger partial charge is 0.468 e. The third-order valence-corrected chi connectivity index (χ3v) is 4.97. The lowest BCUT2D eigenvalue weighted by Gasteiger charge is -2.22. The van der Waals surface area contributed by atoms with Crippen LogP contribution < -0.4 is 0 Å². The van der Waals surface area contributed by atoms with E-state index in [-0.39, 0.29) is 5.41 Å². The summed E-state index contributed by atoms with van der Waals surface area (Å²) in [6, 6.07) is 18.1. The van der Waals surface area contributed by atoms with Crippen LogP contribution in [0.1, 0.15) is 37.5 Å². The fourth-order valence-electron chi connectivity index (χ4n) is 3.21. The summed E-state index contributed by atoms with van der Waals surface area (Å²) in [5, 5.41) is 0. The second-order valence-electron chi connectivity index (χ2n) is 8.11. The zero-order chi connectivity index (χ0) is 21.4. The van der Waals surface area contributed by atoms with E-state index >= 15 is 0 Å². The highest BCUT2D eigenvalue weighted by molar-refractivity contribution is 5.95. The van der Waals surface area contributed by atoms with Crippen molar-refractivity contribution in [2.24, 2.45) is 11.8 Å². The highest BCUT2D eigenvalue weighted by Crippen LogP contribution is 2.26. The summed E-state index contributed by atoms with van der Waals surface area (Å²) in [7, 11) is 2.57. The molecule has 0 radical (unpaired) electrons. The highest BCUT2D eigenvalue weighted by Gasteiger charge is 2.35. The first-order chi connectivity index (χ1) is 13.8. The van der Waals surface area contributed by atoms with E-state index in [9.17, 15) is 9.59 Å². The monoisotopic (exact) mass is 394 g/mol. The molecule has 2 aromatic rings. The molecule has 4 nitrogen and oxygen atoms in total. The van der Waals surface area contributed by atoms with Gasteiger partial charge in [0.25, 0.3) is 0 Å². The number of allylic oxidation sites excluding steroid dienone is 1. The molecule has 154 valence electrons. The normalized spacial score (nSPS) is 12.8. The lowest BCUT2D eigenvalue weighted by molar-refractivity contribution is -0.160. The molecule has 0 aliphatic heterocycles. The van der Waals surface area contributed by atoms with Crippen molar-refractivity contribution in [2.45, 2.75) is 32.6 Å². The molecule has 0 unspecified atom stereocenters. The average molecular weight is 395 g/mol. The molecule has 0 aromatic heterocycles. The van der Waals surface area contributed by atoms with Crippen LogP contribution in [-0.4, -0.2) is 26.2 Å². The maximum absolute atomic E-state index is 12.4. The van der Waals surface area contributed by atoms with Crippen LogP contribution in [0.2, 0.25) is 0 Å². The maximum atomic E-state index is 12.4. The Morgan fingerprint density at radius 3 is 1.93 bits per heavy atom. The number of rotatable bonds is 7. The van der Waals surface area contributed by atoms with Crippen LogP contribution in [0.4, 0.5) is 0 Å². The van der Waals surface area contributed by atoms with Gasteiger partial charge in [-0.15, -0.1) is 0 Å². The Hall–Kier alpha value is -2.88. The van der Waals surface area contributed by atoms with E-state index in [1.165, 1.54) is 19.8 Å². The SMILES string of the molecule is COC(=O)C(C(=O)OC)[C@@H](/C=C/c1ccccc1)Cc1ccc(C(C)(C)C)cc1. The number of methoxy groups -OCH3 is 2. The molecule has 0 aliphatic carbocycles. The first-order valence-electron chi connectivity index (χ1n) is 9.74. The standard InChI is InChI=1S/C25H30O4/c1-25(2,3)21-15-12-19(13-16-21)17-20(14-11-18-9-7-6-8-10-18)22(23(26)28-4)24(27)29-5/h6-16,20,22H,17H2,1-5H3/b14-11+/t20-/m0/s1. The summed E-state index contributed by atoms with van der Waals surface area (Å²) < 4.78 is 9.79. The van der Waals surface area contributed by atoms with Gasteiger partial charge in [-0.3, -0.25) is 9.59 Å². The van der Waals surface area contributed by atoms with Gasteiger partial charge in [0.05, 0.1) is 14.2 Å². The molecule has 0 saturated carbocycles. The summed E-state index contributed by atoms with van der Waals surface area (Å²) in [6.45, 7) is 6.49. The molecule has 1 atom stereocenters. The second kappa shape index (κ2) is 10.1. The maximum Gasteiger partial charge on any atom is 0.320 e. The minimum Gasteiger partial charge on any atom is -0.468 e. The van der Waals surface area contributed by atoms with Crippen molar-refractivity contribution >= 4 is 18.0 Å². The summed E-state index contributed by atoms with van der Waals surface area (Å²) in [4.78, 5) is 24.8. The van der Waals surface area contributed by atoms with Gasteiger partial charge in [0.15, 0.2) is 5.92 Å². The van der Waals surface area contributed by atoms with Gasteiger partial charge in [0.2, 0.25) is 0 Å². The molecule has 4 heteroatoms. The van der Waals surface area contributed by atoms with Gasteiger partial charge in [0, 0.05) is 5.92 Å². The number of hydrogen-bond acceptors (Lipinski definition) is 4. The lowest BCUT2D eigenvalue weighted by Crippen LogP contribution is -2.33. The van der Waals surface area contributed by atoms with E-state index in [0.717, 1.165) is 11.1 Å². The molecule has 0 bridgehead atoms. The summed E-state index contributed by atoms with van der Waals surface area (Å²) in [6.07, 6.45) is 4.33. The van der Waals surface area contributed by atoms with Gasteiger partial charge in [-0.1, -0.05) is 87.5 Å². The molecule has 0 heterocycles. The molecule has 0 N–H and O–H groups in total. The van der Waals surface area contributed by atoms with Gasteiger partial charge in [-0.2, -0.15) is 0 Å². The van der Waals surface area contributed by atoms with E-state index in [1.807, 2.05) is 42.5 Å². The average Bonchev–Trinajstić information content (AvgIpc) is 2.72. The Morgan fingerprint density at radius 1 is 0.897 bits per heavy atom. The number of esters is 2. The van der Waals surface area contributed by atoms with Crippen LogP contribution in [0, 0.1) is 11.8 Å². The third kappa shape index (κ3) is 6.31. The van der Waals surface area contributed by atoms with Crippen molar-refractivity contribution in [3.05, 3.63) is 77.4 Å². The Balaban J connectivity index is 2.36. The number of benzene rings is 2. The molecule has 0 aliphatic rings. The van der Waals surface area contributed by atoms with Gasteiger partial charge in [0.1, 0.15) is 0 Å². The summed E-state index contributed by atoms with van der Waals surface area (Å²) in [5.41, 5.74) is 3.33. The number of hydrogen-bond donors (Lipinski definition) is 0. The Bertz CT molecular complexity index is 813. The van der Waals surface area contributed by atoms with E-state index in [0.29, 0.717) is 6.42 Å². The molecule has 0 amide bonds. The van der Waals surface area contributed by atoms with Crippen molar-refractivity contribution in [1.29, 1.82) is 0 Å². The second-order valence-corrected chi connectivity index (χ2v) is 8.11. The van der Waals surface area contributed by atoms with Crippen LogP contribution in [0.25, 0.3) is 6.08 Å². The Kier molecular flexibility index (Phi) is 7.77. The van der Waals surface area contributed by atoms with E-state index < -0.39 is 23.8 Å². The van der Waals surface area contributed by atoms with Crippen molar-refractivity contribution < 1.29 is 19.1 Å². The van der Waals surface area contributed by atoms with E-state index in [2.05, 4.69) is 45.0 Å². The Labute approximate surface area is 173 Å². The van der Waals surface area contributed by atoms with Crippen molar-refractivity contribution in [3.8, 4) is 0 Å². The van der Waals surface area contributed by atoms with Crippen molar-refractivity contribution in [1.82, 2.24) is 0 Å². The highest BCUT2D eigenvalue weighted by atomic mass is 16.5. The third-order valence-electron chi connectivity index (χ3n) is 4.97. The minimum atomic E-state index is -1.02. The predicted octanol–water partition coefficient (Wildman–Crippen LogP) is 4.82. The predicted molar refractivity (Wildman–Crippen MR) is 115 cm³/mol. The summed E-state index contributed by atoms with van der Waals surface area (Å²) >= 11 is 0. The van der Waals surface area contributed by atoms with Crippen molar-refractivity contribution in [3.63, 3.8) is 0 Å². The molecular formula is C25H30O4. The molecule has 2 aromatic carbocycles. The van der Waals surface area contributed by atoms with Crippen molar-refractivity contribution in [2.75, 3.05) is 14.2 Å². The van der Waals surface area contributed by atoms with Crippen LogP contribution in [0.3, 0.4) is 0 Å². The van der Waals surface area contributed by atoms with Crippen LogP contribution in [-0.2, 0) is 30.9 Å². The molecular weight excluding hydrogens is 364 g/mol. The van der Waals surface area contributed by atoms with E-state index in [1.54, 1.807) is 0 Å². The van der Waals surface area contributed by atoms with Gasteiger partial charge in [-0.25, -0.2) is 0 Å². The zero-order valence-corrected chi connectivity index (χ0v) is 17.8. The van der Waals surface area contributed by atoms with Gasteiger partial charge >= 0.3 is 11.9 Å². The van der Waals surface area contributed by atoms with Gasteiger partial charge in [-0.05, 0) is 28.5 Å². The van der Waals surface area contributed by atoms with Gasteiger partial charge < -0.3 is 9.47 Å². The fraction of sp³-hybridized carbons (Fsp3) is 0.360. The van der Waals surface area contributed by atoms with Crippen LogP contribution in [0.5, 0.6) is 0 Å².